The monoisotopic (exact) mass is 451 g/mol. The van der Waals surface area contributed by atoms with E-state index in [2.05, 4.69) is 15.6 Å². The third-order valence-corrected chi connectivity index (χ3v) is 5.38. The summed E-state index contributed by atoms with van der Waals surface area (Å²) in [6.07, 6.45) is 0. The quantitative estimate of drug-likeness (QED) is 0.377. The molecule has 9 heteroatoms. The number of nitrogens with one attached hydrogen (secondary N) is 2. The Morgan fingerprint density at radius 1 is 1.00 bits per heavy atom. The minimum absolute atomic E-state index is 0.314. The number of benzene rings is 3. The fourth-order valence-corrected chi connectivity index (χ4v) is 3.81. The van der Waals surface area contributed by atoms with Crippen molar-refractivity contribution in [3.63, 3.8) is 0 Å². The lowest BCUT2D eigenvalue weighted by molar-refractivity contribution is -0.118. The first kappa shape index (κ1) is 21.4. The Hall–Kier alpha value is -3.82. The van der Waals surface area contributed by atoms with Crippen molar-refractivity contribution >= 4 is 44.2 Å². The number of carbonyl (C=O) groups is 2. The predicted molar refractivity (Wildman–Crippen MR) is 121 cm³/mol. The summed E-state index contributed by atoms with van der Waals surface area (Å²) >= 11 is 1.26. The average Bonchev–Trinajstić information content (AvgIpc) is 3.21. The minimum Gasteiger partial charge on any atom is -0.457 e. The second-order valence-electron chi connectivity index (χ2n) is 6.77. The number of thiazole rings is 1. The van der Waals surface area contributed by atoms with Gasteiger partial charge in [-0.25, -0.2) is 9.37 Å². The van der Waals surface area contributed by atoms with Gasteiger partial charge in [0.05, 0.1) is 10.2 Å². The fraction of sp³-hybridized carbons (Fsp3) is 0.0870. The Balaban J connectivity index is 1.47. The molecule has 0 aliphatic carbocycles. The summed E-state index contributed by atoms with van der Waals surface area (Å²) in [5.74, 6) is 0.170. The Bertz CT molecular complexity index is 1270. The van der Waals surface area contributed by atoms with E-state index in [-0.39, 0.29) is 5.91 Å². The van der Waals surface area contributed by atoms with E-state index in [1.54, 1.807) is 66.7 Å². The number of hydrogen-bond donors (Lipinski definition) is 3. The number of aliphatic hydroxyl groups is 1. The number of aromatic nitrogens is 1. The molecule has 1 heterocycles. The lowest BCUT2D eigenvalue weighted by atomic mass is 10.2. The first-order chi connectivity index (χ1) is 15.5. The van der Waals surface area contributed by atoms with Gasteiger partial charge in [0.2, 0.25) is 0 Å². The van der Waals surface area contributed by atoms with E-state index in [0.29, 0.717) is 39.0 Å². The third-order valence-electron chi connectivity index (χ3n) is 4.45. The largest absolute Gasteiger partial charge is 0.457 e. The molecule has 2 amide bonds. The number of fused-ring (bicyclic) bond motifs is 1. The molecule has 0 unspecified atom stereocenters. The van der Waals surface area contributed by atoms with Crippen LogP contribution in [0.5, 0.6) is 11.5 Å². The normalized spacial score (nSPS) is 10.7. The molecule has 7 nitrogen and oxygen atoms in total. The fourth-order valence-electron chi connectivity index (χ4n) is 2.90. The van der Waals surface area contributed by atoms with Crippen LogP contribution in [0.4, 0.5) is 15.2 Å². The van der Waals surface area contributed by atoms with Gasteiger partial charge in [0, 0.05) is 17.3 Å². The number of alkyl halides is 1. The van der Waals surface area contributed by atoms with Crippen LogP contribution in [0.1, 0.15) is 15.9 Å². The number of nitrogens with zero attached hydrogens (tertiary/aromatic N) is 1. The van der Waals surface area contributed by atoms with Gasteiger partial charge >= 0.3 is 0 Å². The molecule has 3 aromatic carbocycles. The van der Waals surface area contributed by atoms with Crippen LogP contribution in [0.15, 0.2) is 66.7 Å². The van der Waals surface area contributed by atoms with Crippen LogP contribution >= 0.6 is 11.3 Å². The lowest BCUT2D eigenvalue weighted by Gasteiger charge is -2.09. The molecule has 1 aromatic heterocycles. The maximum absolute atomic E-state index is 12.6. The van der Waals surface area contributed by atoms with Crippen molar-refractivity contribution in [3.05, 3.63) is 77.9 Å². The summed E-state index contributed by atoms with van der Waals surface area (Å²) in [4.78, 5) is 28.2. The average molecular weight is 451 g/mol. The third kappa shape index (κ3) is 5.08. The second-order valence-corrected chi connectivity index (χ2v) is 7.80. The van der Waals surface area contributed by atoms with Crippen molar-refractivity contribution in [1.82, 2.24) is 4.98 Å². The summed E-state index contributed by atoms with van der Waals surface area (Å²) in [5.41, 5.74) is 2.20. The molecule has 3 N–H and O–H groups in total. The zero-order valence-electron chi connectivity index (χ0n) is 16.7. The van der Waals surface area contributed by atoms with Crippen LogP contribution in [-0.4, -0.2) is 28.5 Å². The topological polar surface area (TPSA) is 101 Å². The van der Waals surface area contributed by atoms with Crippen LogP contribution in [0, 0.1) is 0 Å². The SMILES string of the molecule is O=C(CO)Nc1nc2ccc(Oc3cccc(C(=O)Nc4ccc(CF)cc4)c3)cc2s1. The van der Waals surface area contributed by atoms with Gasteiger partial charge < -0.3 is 15.2 Å². The number of halogens is 1. The van der Waals surface area contributed by atoms with Crippen LogP contribution in [-0.2, 0) is 11.5 Å². The minimum atomic E-state index is -0.614. The molecule has 0 aliphatic rings. The Labute approximate surface area is 186 Å². The number of rotatable bonds is 7. The summed E-state index contributed by atoms with van der Waals surface area (Å²) < 4.78 is 19.3. The van der Waals surface area contributed by atoms with Crippen molar-refractivity contribution in [2.75, 3.05) is 17.2 Å². The van der Waals surface area contributed by atoms with Crippen molar-refractivity contribution in [2.45, 2.75) is 6.67 Å². The summed E-state index contributed by atoms with van der Waals surface area (Å²) in [6.45, 7) is -1.17. The lowest BCUT2D eigenvalue weighted by Crippen LogP contribution is -2.14. The molecular formula is C23H18FN3O4S. The van der Waals surface area contributed by atoms with Crippen molar-refractivity contribution in [3.8, 4) is 11.5 Å². The van der Waals surface area contributed by atoms with Crippen molar-refractivity contribution in [1.29, 1.82) is 0 Å². The zero-order chi connectivity index (χ0) is 22.5. The van der Waals surface area contributed by atoms with Gasteiger partial charge in [0.15, 0.2) is 5.13 Å². The first-order valence-electron chi connectivity index (χ1n) is 9.59. The maximum Gasteiger partial charge on any atom is 0.255 e. The van der Waals surface area contributed by atoms with Gasteiger partial charge in [-0.3, -0.25) is 14.9 Å². The molecule has 0 aliphatic heterocycles. The molecule has 32 heavy (non-hydrogen) atoms. The standard InChI is InChI=1S/C23H18FN3O4S/c24-12-14-4-6-16(7-5-14)25-22(30)15-2-1-3-17(10-15)31-18-8-9-19-20(11-18)32-23(26-19)27-21(29)13-28/h1-11,28H,12-13H2,(H,25,30)(H,26,27,29). The number of hydrogen-bond acceptors (Lipinski definition) is 6. The van der Waals surface area contributed by atoms with Crippen LogP contribution in [0.3, 0.4) is 0 Å². The van der Waals surface area contributed by atoms with Gasteiger partial charge in [0.1, 0.15) is 24.8 Å². The number of anilines is 2. The highest BCUT2D eigenvalue weighted by Gasteiger charge is 2.10. The Kier molecular flexibility index (Phi) is 6.39. The Morgan fingerprint density at radius 3 is 2.53 bits per heavy atom. The molecule has 4 rings (SSSR count). The Morgan fingerprint density at radius 2 is 1.78 bits per heavy atom. The predicted octanol–water partition coefficient (Wildman–Crippen LogP) is 4.74. The highest BCUT2D eigenvalue weighted by Crippen LogP contribution is 2.31. The first-order valence-corrected chi connectivity index (χ1v) is 10.4. The van der Waals surface area contributed by atoms with E-state index in [4.69, 9.17) is 9.84 Å². The molecule has 0 atom stereocenters. The van der Waals surface area contributed by atoms with E-state index in [0.717, 1.165) is 4.70 Å². The van der Waals surface area contributed by atoms with E-state index < -0.39 is 19.2 Å². The molecule has 4 aromatic rings. The molecule has 0 saturated carbocycles. The van der Waals surface area contributed by atoms with E-state index in [1.807, 2.05) is 0 Å². The van der Waals surface area contributed by atoms with Crippen molar-refractivity contribution in [2.24, 2.45) is 0 Å². The smallest absolute Gasteiger partial charge is 0.255 e. The maximum atomic E-state index is 12.6. The zero-order valence-corrected chi connectivity index (χ0v) is 17.5. The van der Waals surface area contributed by atoms with Crippen molar-refractivity contribution < 1.29 is 23.8 Å². The van der Waals surface area contributed by atoms with Gasteiger partial charge in [0.25, 0.3) is 11.8 Å². The highest BCUT2D eigenvalue weighted by molar-refractivity contribution is 7.22. The van der Waals surface area contributed by atoms with Crippen LogP contribution in [0.25, 0.3) is 10.2 Å². The van der Waals surface area contributed by atoms with E-state index in [9.17, 15) is 14.0 Å². The van der Waals surface area contributed by atoms with Gasteiger partial charge in [-0.1, -0.05) is 29.5 Å². The van der Waals surface area contributed by atoms with Crippen LogP contribution in [0.2, 0.25) is 0 Å². The second kappa shape index (κ2) is 9.54. The number of aliphatic hydroxyl groups excluding tert-OH is 1. The summed E-state index contributed by atoms with van der Waals surface area (Å²) in [5, 5.41) is 14.5. The van der Waals surface area contributed by atoms with E-state index in [1.165, 1.54) is 11.3 Å². The molecule has 0 spiro atoms. The molecule has 0 fully saturated rings. The molecule has 162 valence electrons. The molecule has 0 bridgehead atoms. The summed E-state index contributed by atoms with van der Waals surface area (Å²) in [6, 6.07) is 18.5. The van der Waals surface area contributed by atoms with Gasteiger partial charge in [-0.05, 0) is 48.0 Å². The number of ether oxygens (including phenoxy) is 1. The van der Waals surface area contributed by atoms with Gasteiger partial charge in [-0.15, -0.1) is 0 Å². The number of carbonyl (C=O) groups excluding carboxylic acids is 2. The summed E-state index contributed by atoms with van der Waals surface area (Å²) in [7, 11) is 0. The van der Waals surface area contributed by atoms with Crippen LogP contribution < -0.4 is 15.4 Å². The highest BCUT2D eigenvalue weighted by atomic mass is 32.1. The van der Waals surface area contributed by atoms with Gasteiger partial charge in [-0.2, -0.15) is 0 Å². The number of amides is 2. The molecular weight excluding hydrogens is 433 g/mol. The van der Waals surface area contributed by atoms with E-state index >= 15 is 0 Å². The molecule has 0 radical (unpaired) electrons. The molecule has 0 saturated heterocycles.